The molecule has 4 heteroatoms. The van der Waals surface area contributed by atoms with E-state index in [4.69, 9.17) is 17.3 Å². The van der Waals surface area contributed by atoms with Crippen LogP contribution in [0.15, 0.2) is 46.9 Å². The van der Waals surface area contributed by atoms with Gasteiger partial charge < -0.3 is 10.7 Å². The second kappa shape index (κ2) is 6.86. The van der Waals surface area contributed by atoms with Crippen molar-refractivity contribution in [3.05, 3.63) is 57.5 Å². The molecule has 0 fully saturated rings. The first kappa shape index (κ1) is 15.6. The fraction of sp³-hybridized carbons (Fsp3) is 0.222. The van der Waals surface area contributed by atoms with Crippen LogP contribution in [0.4, 0.5) is 0 Å². The smallest absolute Gasteiger partial charge is 0.0651 e. The summed E-state index contributed by atoms with van der Waals surface area (Å²) in [6, 6.07) is 14.4. The highest BCUT2D eigenvalue weighted by atomic mass is 79.9. The maximum atomic E-state index is 6.36. The molecule has 0 aliphatic rings. The maximum Gasteiger partial charge on any atom is 0.0651 e. The van der Waals surface area contributed by atoms with E-state index >= 15 is 0 Å². The Bertz CT molecular complexity index is 795. The van der Waals surface area contributed by atoms with Crippen molar-refractivity contribution in [2.45, 2.75) is 19.3 Å². The van der Waals surface area contributed by atoms with E-state index in [0.29, 0.717) is 0 Å². The summed E-state index contributed by atoms with van der Waals surface area (Å²) >= 11 is 9.91. The molecule has 0 atom stereocenters. The Labute approximate surface area is 143 Å². The molecule has 0 radical (unpaired) electrons. The minimum atomic E-state index is 0.731. The fourth-order valence-electron chi connectivity index (χ4n) is 2.83. The average Bonchev–Trinajstić information content (AvgIpc) is 2.88. The van der Waals surface area contributed by atoms with Gasteiger partial charge in [-0.05, 0) is 55.1 Å². The molecule has 0 aliphatic carbocycles. The zero-order valence-electron chi connectivity index (χ0n) is 12.2. The van der Waals surface area contributed by atoms with Gasteiger partial charge in [0, 0.05) is 15.6 Å². The molecule has 3 rings (SSSR count). The Kier molecular flexibility index (Phi) is 4.87. The number of fused-ring (bicyclic) bond motifs is 1. The van der Waals surface area contributed by atoms with Crippen molar-refractivity contribution >= 4 is 38.4 Å². The number of nitrogens with one attached hydrogen (secondary N) is 1. The molecule has 3 N–H and O–H groups in total. The van der Waals surface area contributed by atoms with Crippen LogP contribution >= 0.6 is 27.5 Å². The number of para-hydroxylation sites is 1. The van der Waals surface area contributed by atoms with E-state index < -0.39 is 0 Å². The van der Waals surface area contributed by atoms with Gasteiger partial charge in [-0.1, -0.05) is 51.8 Å². The van der Waals surface area contributed by atoms with E-state index in [1.54, 1.807) is 0 Å². The van der Waals surface area contributed by atoms with E-state index in [0.717, 1.165) is 46.5 Å². The van der Waals surface area contributed by atoms with Crippen molar-refractivity contribution < 1.29 is 0 Å². The molecule has 0 spiro atoms. The summed E-state index contributed by atoms with van der Waals surface area (Å²) in [5, 5.41) is 1.97. The third kappa shape index (κ3) is 3.07. The molecular weight excluding hydrogens is 360 g/mol. The Morgan fingerprint density at radius 2 is 1.91 bits per heavy atom. The van der Waals surface area contributed by atoms with Crippen LogP contribution in [-0.2, 0) is 6.42 Å². The predicted octanol–water partition coefficient (Wildman–Crippen LogP) is 5.53. The molecule has 22 heavy (non-hydrogen) atoms. The number of unbranched alkanes of at least 4 members (excludes halogenated alkanes) is 1. The summed E-state index contributed by atoms with van der Waals surface area (Å²) in [6.07, 6.45) is 3.11. The molecule has 2 nitrogen and oxygen atoms in total. The lowest BCUT2D eigenvalue weighted by atomic mass is 10.0. The number of nitrogens with two attached hydrogens (primary N) is 1. The van der Waals surface area contributed by atoms with E-state index in [1.807, 2.05) is 18.2 Å². The molecule has 0 aliphatic heterocycles. The van der Waals surface area contributed by atoms with Crippen LogP contribution in [0.5, 0.6) is 0 Å². The summed E-state index contributed by atoms with van der Waals surface area (Å²) in [5.41, 5.74) is 10.3. The zero-order chi connectivity index (χ0) is 15.5. The van der Waals surface area contributed by atoms with Crippen LogP contribution in [0.25, 0.3) is 22.2 Å². The van der Waals surface area contributed by atoms with Gasteiger partial charge in [-0.3, -0.25) is 0 Å². The third-order valence-corrected chi connectivity index (χ3v) is 4.69. The quantitative estimate of drug-likeness (QED) is 0.564. The number of benzene rings is 2. The molecule has 114 valence electrons. The maximum absolute atomic E-state index is 6.36. The van der Waals surface area contributed by atoms with Gasteiger partial charge in [-0.25, -0.2) is 0 Å². The van der Waals surface area contributed by atoms with Crippen molar-refractivity contribution in [2.24, 2.45) is 5.73 Å². The van der Waals surface area contributed by atoms with Gasteiger partial charge >= 0.3 is 0 Å². The summed E-state index contributed by atoms with van der Waals surface area (Å²) in [5.74, 6) is 0. The first-order valence-electron chi connectivity index (χ1n) is 7.46. The summed E-state index contributed by atoms with van der Waals surface area (Å²) in [4.78, 5) is 3.52. The SMILES string of the molecule is NCCCCc1c(-c2cccc(Br)c2)[nH]c2c(Cl)cccc12. The zero-order valence-corrected chi connectivity index (χ0v) is 14.5. The van der Waals surface area contributed by atoms with E-state index in [-0.39, 0.29) is 0 Å². The van der Waals surface area contributed by atoms with Crippen LogP contribution in [0, 0.1) is 0 Å². The third-order valence-electron chi connectivity index (χ3n) is 3.88. The van der Waals surface area contributed by atoms with Gasteiger partial charge in [0.1, 0.15) is 0 Å². The van der Waals surface area contributed by atoms with Crippen molar-refractivity contribution in [3.8, 4) is 11.3 Å². The van der Waals surface area contributed by atoms with E-state index in [2.05, 4.69) is 45.2 Å². The van der Waals surface area contributed by atoms with Crippen LogP contribution in [0.1, 0.15) is 18.4 Å². The molecule has 1 heterocycles. The van der Waals surface area contributed by atoms with Crippen molar-refractivity contribution in [3.63, 3.8) is 0 Å². The first-order chi connectivity index (χ1) is 10.7. The normalized spacial score (nSPS) is 11.2. The second-order valence-corrected chi connectivity index (χ2v) is 6.72. The van der Waals surface area contributed by atoms with Gasteiger partial charge in [0.15, 0.2) is 0 Å². The van der Waals surface area contributed by atoms with Gasteiger partial charge in [0.2, 0.25) is 0 Å². The number of H-pyrrole nitrogens is 1. The Hall–Kier alpha value is -1.29. The monoisotopic (exact) mass is 376 g/mol. The van der Waals surface area contributed by atoms with Gasteiger partial charge in [-0.15, -0.1) is 0 Å². The van der Waals surface area contributed by atoms with Gasteiger partial charge in [-0.2, -0.15) is 0 Å². The highest BCUT2D eigenvalue weighted by Crippen LogP contribution is 2.35. The number of aryl methyl sites for hydroxylation is 1. The average molecular weight is 378 g/mol. The number of rotatable bonds is 5. The molecule has 0 bridgehead atoms. The van der Waals surface area contributed by atoms with E-state index in [1.165, 1.54) is 16.5 Å². The molecule has 1 aromatic heterocycles. The fourth-order valence-corrected chi connectivity index (χ4v) is 3.45. The lowest BCUT2D eigenvalue weighted by molar-refractivity contribution is 0.748. The van der Waals surface area contributed by atoms with Crippen molar-refractivity contribution in [1.29, 1.82) is 0 Å². The van der Waals surface area contributed by atoms with Crippen LogP contribution in [0.3, 0.4) is 0 Å². The van der Waals surface area contributed by atoms with Crippen molar-refractivity contribution in [2.75, 3.05) is 6.54 Å². The van der Waals surface area contributed by atoms with Crippen molar-refractivity contribution in [1.82, 2.24) is 4.98 Å². The Morgan fingerprint density at radius 1 is 1.09 bits per heavy atom. The highest BCUT2D eigenvalue weighted by Gasteiger charge is 2.14. The molecular formula is C18H18BrClN2. The Balaban J connectivity index is 2.15. The largest absolute Gasteiger partial charge is 0.353 e. The molecule has 2 aromatic carbocycles. The van der Waals surface area contributed by atoms with Crippen LogP contribution in [-0.4, -0.2) is 11.5 Å². The molecule has 0 saturated heterocycles. The number of hydrogen-bond donors (Lipinski definition) is 2. The predicted molar refractivity (Wildman–Crippen MR) is 98.4 cm³/mol. The minimum Gasteiger partial charge on any atom is -0.353 e. The minimum absolute atomic E-state index is 0.731. The second-order valence-electron chi connectivity index (χ2n) is 5.40. The molecule has 0 unspecified atom stereocenters. The van der Waals surface area contributed by atoms with Crippen LogP contribution < -0.4 is 5.73 Å². The van der Waals surface area contributed by atoms with Gasteiger partial charge in [0.25, 0.3) is 0 Å². The lowest BCUT2D eigenvalue weighted by Crippen LogP contribution is -1.99. The van der Waals surface area contributed by atoms with E-state index in [9.17, 15) is 0 Å². The topological polar surface area (TPSA) is 41.8 Å². The number of hydrogen-bond acceptors (Lipinski definition) is 1. The lowest BCUT2D eigenvalue weighted by Gasteiger charge is -2.06. The summed E-state index contributed by atoms with van der Waals surface area (Å²) in [6.45, 7) is 0.731. The highest BCUT2D eigenvalue weighted by molar-refractivity contribution is 9.10. The summed E-state index contributed by atoms with van der Waals surface area (Å²) in [7, 11) is 0. The Morgan fingerprint density at radius 3 is 2.68 bits per heavy atom. The number of aromatic amines is 1. The number of aromatic nitrogens is 1. The standard InChI is InChI=1S/C18H18BrClN2/c19-13-6-3-5-12(11-13)17-14(7-1-2-10-21)15-8-4-9-16(20)18(15)22-17/h3-6,8-9,11,22H,1-2,7,10,21H2. The molecule has 3 aromatic rings. The van der Waals surface area contributed by atoms with Gasteiger partial charge in [0.05, 0.1) is 10.5 Å². The first-order valence-corrected chi connectivity index (χ1v) is 8.63. The molecule has 0 amide bonds. The summed E-state index contributed by atoms with van der Waals surface area (Å²) < 4.78 is 1.07. The van der Waals surface area contributed by atoms with Crippen LogP contribution in [0.2, 0.25) is 5.02 Å². The number of halogens is 2. The molecule has 0 saturated carbocycles.